The van der Waals surface area contributed by atoms with Gasteiger partial charge >= 0.3 is 0 Å². The number of aliphatic hydroxyl groups excluding tert-OH is 3. The molecule has 1 atom stereocenters. The van der Waals surface area contributed by atoms with Gasteiger partial charge in [-0.25, -0.2) is 0 Å². The lowest BCUT2D eigenvalue weighted by atomic mass is 10.1. The van der Waals surface area contributed by atoms with Gasteiger partial charge in [0.1, 0.15) is 0 Å². The van der Waals surface area contributed by atoms with Crippen molar-refractivity contribution in [3.05, 3.63) is 23.8 Å². The summed E-state index contributed by atoms with van der Waals surface area (Å²) < 4.78 is 0. The number of aromatic hydroxyl groups is 2. The third-order valence-corrected chi connectivity index (χ3v) is 2.65. The molecule has 0 saturated heterocycles. The zero-order chi connectivity index (χ0) is 13.5. The summed E-state index contributed by atoms with van der Waals surface area (Å²) >= 11 is 0. The first-order valence-electron chi connectivity index (χ1n) is 5.72. The largest absolute Gasteiger partial charge is 0.504 e. The summed E-state index contributed by atoms with van der Waals surface area (Å²) in [6, 6.07) is 4.10. The highest BCUT2D eigenvalue weighted by Crippen LogP contribution is 2.27. The standard InChI is InChI=1S/C12H19NO5/c14-5-3-13(4-6-15)8-12(18)9-1-2-10(16)11(17)7-9/h1-2,7,12,14-18H,3-6,8H2. The number of phenols is 2. The van der Waals surface area contributed by atoms with E-state index in [1.807, 2.05) is 0 Å². The van der Waals surface area contributed by atoms with Gasteiger partial charge in [-0.1, -0.05) is 6.07 Å². The van der Waals surface area contributed by atoms with Crippen LogP contribution in [0.5, 0.6) is 11.5 Å². The minimum atomic E-state index is -0.866. The van der Waals surface area contributed by atoms with E-state index < -0.39 is 6.10 Å². The predicted molar refractivity (Wildman–Crippen MR) is 65.3 cm³/mol. The van der Waals surface area contributed by atoms with Crippen molar-refractivity contribution in [2.75, 3.05) is 32.8 Å². The second-order valence-corrected chi connectivity index (χ2v) is 4.01. The first kappa shape index (κ1) is 14.7. The highest BCUT2D eigenvalue weighted by molar-refractivity contribution is 5.41. The van der Waals surface area contributed by atoms with Crippen molar-refractivity contribution in [3.63, 3.8) is 0 Å². The number of nitrogens with zero attached hydrogens (tertiary/aromatic N) is 1. The summed E-state index contributed by atoms with van der Waals surface area (Å²) in [4.78, 5) is 1.70. The Morgan fingerprint density at radius 2 is 1.61 bits per heavy atom. The van der Waals surface area contributed by atoms with E-state index in [0.717, 1.165) is 0 Å². The van der Waals surface area contributed by atoms with Crippen molar-refractivity contribution in [3.8, 4) is 11.5 Å². The van der Waals surface area contributed by atoms with E-state index in [2.05, 4.69) is 0 Å². The van der Waals surface area contributed by atoms with Crippen molar-refractivity contribution in [2.24, 2.45) is 0 Å². The maximum absolute atomic E-state index is 9.96. The van der Waals surface area contributed by atoms with E-state index in [9.17, 15) is 10.2 Å². The SMILES string of the molecule is OCCN(CCO)CC(O)c1ccc(O)c(O)c1. The molecule has 0 spiro atoms. The Morgan fingerprint density at radius 1 is 1.00 bits per heavy atom. The fourth-order valence-corrected chi connectivity index (χ4v) is 1.67. The molecule has 0 aliphatic rings. The highest BCUT2D eigenvalue weighted by atomic mass is 16.3. The molecule has 0 bridgehead atoms. The number of aliphatic hydroxyl groups is 3. The van der Waals surface area contributed by atoms with E-state index in [4.69, 9.17) is 15.3 Å². The van der Waals surface area contributed by atoms with Crippen molar-refractivity contribution in [2.45, 2.75) is 6.10 Å². The zero-order valence-electron chi connectivity index (χ0n) is 10.0. The summed E-state index contributed by atoms with van der Waals surface area (Å²) in [6.07, 6.45) is -0.866. The molecule has 0 fully saturated rings. The van der Waals surface area contributed by atoms with Gasteiger partial charge in [-0.3, -0.25) is 4.90 Å². The molecule has 102 valence electrons. The molecule has 6 nitrogen and oxygen atoms in total. The minimum Gasteiger partial charge on any atom is -0.504 e. The van der Waals surface area contributed by atoms with Crippen LogP contribution in [0.2, 0.25) is 0 Å². The van der Waals surface area contributed by atoms with Gasteiger partial charge < -0.3 is 25.5 Å². The zero-order valence-corrected chi connectivity index (χ0v) is 10.0. The second kappa shape index (κ2) is 7.17. The molecule has 6 heteroatoms. The molecular weight excluding hydrogens is 238 g/mol. The van der Waals surface area contributed by atoms with Crippen LogP contribution >= 0.6 is 0 Å². The van der Waals surface area contributed by atoms with Gasteiger partial charge in [-0.05, 0) is 17.7 Å². The van der Waals surface area contributed by atoms with Crippen LogP contribution in [0, 0.1) is 0 Å². The van der Waals surface area contributed by atoms with Crippen LogP contribution in [0.1, 0.15) is 11.7 Å². The van der Waals surface area contributed by atoms with Crippen molar-refractivity contribution >= 4 is 0 Å². The third kappa shape index (κ3) is 4.15. The lowest BCUT2D eigenvalue weighted by Gasteiger charge is -2.23. The monoisotopic (exact) mass is 257 g/mol. The van der Waals surface area contributed by atoms with Crippen molar-refractivity contribution < 1.29 is 25.5 Å². The lowest BCUT2D eigenvalue weighted by Crippen LogP contribution is -2.33. The molecule has 1 aromatic rings. The summed E-state index contributed by atoms with van der Waals surface area (Å²) in [5.41, 5.74) is 0.464. The maximum Gasteiger partial charge on any atom is 0.157 e. The van der Waals surface area contributed by atoms with Crippen LogP contribution in [-0.2, 0) is 0 Å². The highest BCUT2D eigenvalue weighted by Gasteiger charge is 2.14. The molecule has 0 saturated carbocycles. The Labute approximate surface area is 105 Å². The quantitative estimate of drug-likeness (QED) is 0.419. The predicted octanol–water partition coefficient (Wildman–Crippen LogP) is -0.582. The lowest BCUT2D eigenvalue weighted by molar-refractivity contribution is 0.0873. The second-order valence-electron chi connectivity index (χ2n) is 4.01. The van der Waals surface area contributed by atoms with E-state index in [0.29, 0.717) is 18.7 Å². The normalized spacial score (nSPS) is 12.9. The Hall–Kier alpha value is -1.34. The minimum absolute atomic E-state index is 0.0620. The molecule has 0 aliphatic carbocycles. The van der Waals surface area contributed by atoms with Gasteiger partial charge in [-0.2, -0.15) is 0 Å². The topological polar surface area (TPSA) is 104 Å². The number of benzene rings is 1. The van der Waals surface area contributed by atoms with Gasteiger partial charge in [0.2, 0.25) is 0 Å². The maximum atomic E-state index is 9.96. The summed E-state index contributed by atoms with van der Waals surface area (Å²) in [5.74, 6) is -0.532. The smallest absolute Gasteiger partial charge is 0.157 e. The fourth-order valence-electron chi connectivity index (χ4n) is 1.67. The molecule has 0 amide bonds. The van der Waals surface area contributed by atoms with Gasteiger partial charge in [0.25, 0.3) is 0 Å². The van der Waals surface area contributed by atoms with Gasteiger partial charge in [0.05, 0.1) is 19.3 Å². The van der Waals surface area contributed by atoms with Crippen LogP contribution in [-0.4, -0.2) is 63.3 Å². The molecule has 0 radical (unpaired) electrons. The van der Waals surface area contributed by atoms with Crippen LogP contribution in [0.25, 0.3) is 0 Å². The number of hydrogen-bond donors (Lipinski definition) is 5. The first-order chi connectivity index (χ1) is 8.58. The molecule has 1 unspecified atom stereocenters. The summed E-state index contributed by atoms with van der Waals surface area (Å²) in [7, 11) is 0. The number of hydrogen-bond acceptors (Lipinski definition) is 6. The molecule has 18 heavy (non-hydrogen) atoms. The molecular formula is C12H19NO5. The molecule has 1 rings (SSSR count). The van der Waals surface area contributed by atoms with Gasteiger partial charge in [-0.15, -0.1) is 0 Å². The summed E-state index contributed by atoms with van der Waals surface area (Å²) in [5, 5.41) is 46.2. The molecule has 5 N–H and O–H groups in total. The Morgan fingerprint density at radius 3 is 2.11 bits per heavy atom. The third-order valence-electron chi connectivity index (χ3n) is 2.65. The van der Waals surface area contributed by atoms with Gasteiger partial charge in [0.15, 0.2) is 11.5 Å². The summed E-state index contributed by atoms with van der Waals surface area (Å²) in [6.45, 7) is 0.801. The Balaban J connectivity index is 2.67. The van der Waals surface area contributed by atoms with E-state index in [1.54, 1.807) is 4.90 Å². The van der Waals surface area contributed by atoms with E-state index in [1.165, 1.54) is 18.2 Å². The Bertz CT molecular complexity index is 365. The average Bonchev–Trinajstić information content (AvgIpc) is 2.33. The van der Waals surface area contributed by atoms with Crippen molar-refractivity contribution in [1.82, 2.24) is 4.90 Å². The van der Waals surface area contributed by atoms with Crippen LogP contribution in [0.15, 0.2) is 18.2 Å². The van der Waals surface area contributed by atoms with Crippen LogP contribution < -0.4 is 0 Å². The van der Waals surface area contributed by atoms with Crippen LogP contribution in [0.3, 0.4) is 0 Å². The molecule has 0 heterocycles. The molecule has 0 aromatic heterocycles. The number of phenolic OH excluding ortho intramolecular Hbond substituents is 2. The van der Waals surface area contributed by atoms with Gasteiger partial charge in [0, 0.05) is 19.6 Å². The van der Waals surface area contributed by atoms with E-state index in [-0.39, 0.29) is 31.3 Å². The molecule has 0 aliphatic heterocycles. The van der Waals surface area contributed by atoms with Crippen LogP contribution in [0.4, 0.5) is 0 Å². The van der Waals surface area contributed by atoms with E-state index >= 15 is 0 Å². The number of rotatable bonds is 7. The molecule has 1 aromatic carbocycles. The van der Waals surface area contributed by atoms with Crippen molar-refractivity contribution in [1.29, 1.82) is 0 Å². The fraction of sp³-hybridized carbons (Fsp3) is 0.500. The average molecular weight is 257 g/mol. The Kier molecular flexibility index (Phi) is 5.87. The first-order valence-corrected chi connectivity index (χ1v) is 5.72.